The van der Waals surface area contributed by atoms with Crippen LogP contribution in [0.1, 0.15) is 12.0 Å². The lowest BCUT2D eigenvalue weighted by Gasteiger charge is -2.29. The van der Waals surface area contributed by atoms with Crippen LogP contribution in [-0.4, -0.2) is 53.3 Å². The number of aromatic nitrogens is 2. The van der Waals surface area contributed by atoms with Gasteiger partial charge < -0.3 is 14.9 Å². The lowest BCUT2D eigenvalue weighted by atomic mass is 10.2. The van der Waals surface area contributed by atoms with Gasteiger partial charge in [-0.05, 0) is 6.92 Å². The van der Waals surface area contributed by atoms with Gasteiger partial charge in [-0.2, -0.15) is 0 Å². The van der Waals surface area contributed by atoms with Crippen molar-refractivity contribution in [3.05, 3.63) is 32.6 Å². The highest BCUT2D eigenvalue weighted by atomic mass is 32.2. The van der Waals surface area contributed by atoms with Crippen molar-refractivity contribution in [2.75, 3.05) is 12.9 Å². The molecule has 9 nitrogen and oxygen atoms in total. The summed E-state index contributed by atoms with van der Waals surface area (Å²) in [6.07, 6.45) is -0.911. The van der Waals surface area contributed by atoms with Gasteiger partial charge in [0.05, 0.1) is 12.7 Å². The number of aliphatic hydroxyl groups is 2. The van der Waals surface area contributed by atoms with Gasteiger partial charge in [0.15, 0.2) is 9.84 Å². The molecule has 0 aromatic carbocycles. The van der Waals surface area contributed by atoms with Crippen molar-refractivity contribution in [2.24, 2.45) is 0 Å². The second kappa shape index (κ2) is 5.05. The third kappa shape index (κ3) is 2.44. The first-order valence-electron chi connectivity index (χ1n) is 6.12. The molecule has 2 rings (SSSR count). The molecule has 118 valence electrons. The van der Waals surface area contributed by atoms with Crippen molar-refractivity contribution in [3.63, 3.8) is 0 Å². The average molecular weight is 320 g/mol. The zero-order valence-corrected chi connectivity index (χ0v) is 12.3. The molecule has 1 saturated heterocycles. The molecule has 0 aliphatic carbocycles. The number of ether oxygens (including phenoxy) is 1. The van der Waals surface area contributed by atoms with Crippen molar-refractivity contribution < 1.29 is 23.4 Å². The van der Waals surface area contributed by atoms with Crippen LogP contribution in [-0.2, 0) is 19.6 Å². The fourth-order valence-corrected chi connectivity index (χ4v) is 3.58. The van der Waals surface area contributed by atoms with Crippen molar-refractivity contribution in [1.82, 2.24) is 9.55 Å². The molecule has 1 fully saturated rings. The van der Waals surface area contributed by atoms with E-state index in [9.17, 15) is 23.1 Å². The third-order valence-electron chi connectivity index (χ3n) is 3.48. The molecule has 3 N–H and O–H groups in total. The number of H-pyrrole nitrogens is 1. The molecular weight excluding hydrogens is 304 g/mol. The SMILES string of the molecule is Cc1cn([C@@]2(S(C)(=O)=O)C[C@H](O)[C@@H](CO)O2)c(=O)[nH]c1=O. The van der Waals surface area contributed by atoms with Crippen LogP contribution in [0.15, 0.2) is 15.8 Å². The maximum Gasteiger partial charge on any atom is 0.331 e. The second-order valence-corrected chi connectivity index (χ2v) is 7.22. The molecule has 0 spiro atoms. The Bertz CT molecular complexity index is 766. The molecule has 0 amide bonds. The molecule has 0 bridgehead atoms. The molecule has 0 saturated carbocycles. The second-order valence-electron chi connectivity index (χ2n) is 5.04. The minimum Gasteiger partial charge on any atom is -0.394 e. The van der Waals surface area contributed by atoms with Crippen LogP contribution >= 0.6 is 0 Å². The van der Waals surface area contributed by atoms with E-state index in [1.165, 1.54) is 6.92 Å². The van der Waals surface area contributed by atoms with E-state index in [1.807, 2.05) is 4.98 Å². The summed E-state index contributed by atoms with van der Waals surface area (Å²) < 4.78 is 30.3. The lowest BCUT2D eigenvalue weighted by molar-refractivity contribution is -0.0693. The Hall–Kier alpha value is -1.49. The summed E-state index contributed by atoms with van der Waals surface area (Å²) >= 11 is 0. The minimum absolute atomic E-state index is 0.114. The quantitative estimate of drug-likeness (QED) is 0.566. The van der Waals surface area contributed by atoms with Crippen LogP contribution < -0.4 is 11.2 Å². The largest absolute Gasteiger partial charge is 0.394 e. The summed E-state index contributed by atoms with van der Waals surface area (Å²) in [5.74, 6) is 0. The van der Waals surface area contributed by atoms with Gasteiger partial charge in [-0.1, -0.05) is 0 Å². The van der Waals surface area contributed by atoms with Gasteiger partial charge in [0.1, 0.15) is 6.10 Å². The normalized spacial score (nSPS) is 29.7. The number of aryl methyl sites for hydroxylation is 1. The average Bonchev–Trinajstić information content (AvgIpc) is 2.71. The van der Waals surface area contributed by atoms with Gasteiger partial charge in [0, 0.05) is 24.4 Å². The van der Waals surface area contributed by atoms with Gasteiger partial charge in [-0.3, -0.25) is 14.3 Å². The molecule has 21 heavy (non-hydrogen) atoms. The molecule has 1 aliphatic rings. The summed E-state index contributed by atoms with van der Waals surface area (Å²) in [7, 11) is -4.00. The van der Waals surface area contributed by atoms with E-state index in [2.05, 4.69) is 0 Å². The summed E-state index contributed by atoms with van der Waals surface area (Å²) in [5.41, 5.74) is -1.50. The number of rotatable bonds is 3. The number of hydrogen-bond acceptors (Lipinski definition) is 7. The molecule has 1 aliphatic heterocycles. The minimum atomic E-state index is -4.00. The van der Waals surface area contributed by atoms with Gasteiger partial charge in [0.25, 0.3) is 10.6 Å². The van der Waals surface area contributed by atoms with E-state index in [-0.39, 0.29) is 5.56 Å². The lowest BCUT2D eigenvalue weighted by Crippen LogP contribution is -2.49. The smallest absolute Gasteiger partial charge is 0.331 e. The van der Waals surface area contributed by atoms with Crippen molar-refractivity contribution in [2.45, 2.75) is 30.6 Å². The molecule has 3 atom stereocenters. The highest BCUT2D eigenvalue weighted by Crippen LogP contribution is 2.38. The topological polar surface area (TPSA) is 139 Å². The monoisotopic (exact) mass is 320 g/mol. The van der Waals surface area contributed by atoms with Crippen LogP contribution in [0.25, 0.3) is 0 Å². The van der Waals surface area contributed by atoms with E-state index < -0.39 is 51.4 Å². The molecule has 10 heteroatoms. The Kier molecular flexibility index (Phi) is 3.82. The van der Waals surface area contributed by atoms with Gasteiger partial charge >= 0.3 is 5.69 Å². The van der Waals surface area contributed by atoms with E-state index >= 15 is 0 Å². The Labute approximate surface area is 119 Å². The highest BCUT2D eigenvalue weighted by Gasteiger charge is 2.55. The van der Waals surface area contributed by atoms with Crippen molar-refractivity contribution in [3.8, 4) is 0 Å². The first-order valence-corrected chi connectivity index (χ1v) is 8.01. The molecule has 0 radical (unpaired) electrons. The van der Waals surface area contributed by atoms with Gasteiger partial charge in [-0.25, -0.2) is 13.2 Å². The van der Waals surface area contributed by atoms with Gasteiger partial charge in [-0.15, -0.1) is 0 Å². The molecule has 0 unspecified atom stereocenters. The van der Waals surface area contributed by atoms with Gasteiger partial charge in [0.2, 0.25) is 0 Å². The predicted molar refractivity (Wildman–Crippen MR) is 71.5 cm³/mol. The molecule has 1 aromatic rings. The number of nitrogens with one attached hydrogen (secondary N) is 1. The standard InChI is InChI=1S/C11H16N2O7S/c1-6-4-13(10(17)12-9(6)16)11(21(2,18)19)3-7(15)8(5-14)20-11/h4,7-8,14-15H,3,5H2,1-2H3,(H,12,16,17)/t7-,8+,11-/m0/s1. The predicted octanol–water partition coefficient (Wildman–Crippen LogP) is -2.36. The van der Waals surface area contributed by atoms with Crippen molar-refractivity contribution in [1.29, 1.82) is 0 Å². The first kappa shape index (κ1) is 15.9. The summed E-state index contributed by atoms with van der Waals surface area (Å²) in [4.78, 5) is 25.3. The fourth-order valence-electron chi connectivity index (χ4n) is 2.31. The van der Waals surface area contributed by atoms with E-state index in [4.69, 9.17) is 9.84 Å². The van der Waals surface area contributed by atoms with E-state index in [0.29, 0.717) is 0 Å². The zero-order valence-electron chi connectivity index (χ0n) is 11.4. The third-order valence-corrected chi connectivity index (χ3v) is 5.10. The summed E-state index contributed by atoms with van der Waals surface area (Å²) in [5, 5.41) is 16.8. The molecule has 1 aromatic heterocycles. The van der Waals surface area contributed by atoms with Crippen LogP contribution in [0.2, 0.25) is 0 Å². The van der Waals surface area contributed by atoms with Crippen LogP contribution in [0.3, 0.4) is 0 Å². The molecule has 2 heterocycles. The van der Waals surface area contributed by atoms with Crippen molar-refractivity contribution >= 4 is 9.84 Å². The maximum absolute atomic E-state index is 12.1. The summed E-state index contributed by atoms with van der Waals surface area (Å²) in [6, 6.07) is 0. The Morgan fingerprint density at radius 3 is 2.62 bits per heavy atom. The number of hydrogen-bond donors (Lipinski definition) is 3. The highest BCUT2D eigenvalue weighted by molar-refractivity contribution is 7.91. The summed E-state index contributed by atoms with van der Waals surface area (Å²) in [6.45, 7) is 0.801. The Morgan fingerprint density at radius 2 is 2.14 bits per heavy atom. The number of sulfone groups is 1. The van der Waals surface area contributed by atoms with E-state index in [1.54, 1.807) is 0 Å². The fraction of sp³-hybridized carbons (Fsp3) is 0.636. The number of nitrogens with zero attached hydrogens (tertiary/aromatic N) is 1. The first-order chi connectivity index (χ1) is 9.62. The molecular formula is C11H16N2O7S. The Balaban J connectivity index is 2.73. The van der Waals surface area contributed by atoms with E-state index in [0.717, 1.165) is 17.0 Å². The van der Waals surface area contributed by atoms with Crippen LogP contribution in [0, 0.1) is 6.92 Å². The zero-order chi connectivity index (χ0) is 16.0. The number of aromatic amines is 1. The van der Waals surface area contributed by atoms with Crippen LogP contribution in [0.4, 0.5) is 0 Å². The Morgan fingerprint density at radius 1 is 1.52 bits per heavy atom. The maximum atomic E-state index is 12.1. The van der Waals surface area contributed by atoms with Crippen LogP contribution in [0.5, 0.6) is 0 Å². The number of aliphatic hydroxyl groups excluding tert-OH is 2.